The summed E-state index contributed by atoms with van der Waals surface area (Å²) >= 11 is 10.1. The predicted octanol–water partition coefficient (Wildman–Crippen LogP) is 1.74. The van der Waals surface area contributed by atoms with E-state index in [2.05, 4.69) is 25.3 Å². The maximum absolute atomic E-state index is 11.7. The second-order valence-corrected chi connectivity index (χ2v) is 10.4. The quantitative estimate of drug-likeness (QED) is 0.201. The average Bonchev–Trinajstić information content (AvgIpc) is 2.79. The zero-order chi connectivity index (χ0) is 28.7. The Morgan fingerprint density at radius 2 is 1.21 bits per heavy atom. The van der Waals surface area contributed by atoms with Crippen LogP contribution in [-0.4, -0.2) is 78.7 Å². The van der Waals surface area contributed by atoms with Gasteiger partial charge in [-0.2, -0.15) is 0 Å². The van der Waals surface area contributed by atoms with Gasteiger partial charge in [0.05, 0.1) is 17.7 Å². The third-order valence-corrected chi connectivity index (χ3v) is 6.22. The van der Waals surface area contributed by atoms with Gasteiger partial charge >= 0.3 is 41.5 Å². The first-order chi connectivity index (χ1) is 17.2. The van der Waals surface area contributed by atoms with Crippen LogP contribution in [0.15, 0.2) is 56.0 Å². The van der Waals surface area contributed by atoms with Crippen molar-refractivity contribution >= 4 is 71.2 Å². The van der Waals surface area contributed by atoms with Gasteiger partial charge in [-0.15, -0.1) is 31.9 Å². The Morgan fingerprint density at radius 3 is 1.53 bits per heavy atom. The van der Waals surface area contributed by atoms with Gasteiger partial charge < -0.3 is 24.7 Å². The van der Waals surface area contributed by atoms with E-state index in [0.717, 1.165) is 23.5 Å². The number of carbonyl (C=O) groups is 4. The van der Waals surface area contributed by atoms with Gasteiger partial charge in [0, 0.05) is 47.8 Å². The van der Waals surface area contributed by atoms with E-state index in [1.54, 1.807) is 66.3 Å². The fourth-order valence-corrected chi connectivity index (χ4v) is 4.37. The summed E-state index contributed by atoms with van der Waals surface area (Å²) in [7, 11) is 6.45. The van der Waals surface area contributed by atoms with Crippen molar-refractivity contribution in [2.45, 2.75) is 33.4 Å². The van der Waals surface area contributed by atoms with Crippen LogP contribution in [-0.2, 0) is 4.74 Å². The summed E-state index contributed by atoms with van der Waals surface area (Å²) in [5, 5.41) is 17.6. The second-order valence-electron chi connectivity index (χ2n) is 7.27. The first-order valence-corrected chi connectivity index (χ1v) is 13.2. The van der Waals surface area contributed by atoms with Crippen LogP contribution < -0.4 is 34.7 Å². The molecule has 0 saturated carbocycles. The van der Waals surface area contributed by atoms with Crippen molar-refractivity contribution in [3.8, 4) is 0 Å². The van der Waals surface area contributed by atoms with Gasteiger partial charge in [0.25, 0.3) is 10.5 Å². The van der Waals surface area contributed by atoms with Crippen LogP contribution in [0.25, 0.3) is 0 Å². The van der Waals surface area contributed by atoms with Gasteiger partial charge in [-0.3, -0.25) is 9.59 Å². The SMILES string of the molecule is CCOC(=O)c1cc(S)cc(S)c1.CC[O-].CN(C)C(=O)Sc1cc(SC(=O)N(C)C)cc(C(=O)O)c1.[Na+]. The second kappa shape index (κ2) is 20.6. The number of aromatic carboxylic acids is 1. The van der Waals surface area contributed by atoms with Gasteiger partial charge in [0.2, 0.25) is 0 Å². The van der Waals surface area contributed by atoms with Crippen LogP contribution in [0.2, 0.25) is 0 Å². The van der Waals surface area contributed by atoms with E-state index in [1.807, 2.05) is 0 Å². The first kappa shape index (κ1) is 38.8. The molecule has 2 amide bonds. The number of thioether (sulfide) groups is 2. The van der Waals surface area contributed by atoms with Crippen molar-refractivity contribution in [3.05, 3.63) is 47.5 Å². The molecular formula is C24H31N2NaO7S4. The number of thiol groups is 2. The third-order valence-electron chi connectivity index (χ3n) is 3.68. The number of carboxylic acid groups (broad SMARTS) is 1. The topological polar surface area (TPSA) is 127 Å². The van der Waals surface area contributed by atoms with Gasteiger partial charge in [0.1, 0.15) is 0 Å². The smallest absolute Gasteiger partial charge is 0.855 e. The Balaban J connectivity index is 0. The molecular weight excluding hydrogens is 580 g/mol. The molecule has 0 aliphatic rings. The predicted molar refractivity (Wildman–Crippen MR) is 151 cm³/mol. The molecule has 0 spiro atoms. The van der Waals surface area contributed by atoms with Crippen LogP contribution >= 0.6 is 48.8 Å². The third kappa shape index (κ3) is 15.9. The van der Waals surface area contributed by atoms with Crippen molar-refractivity contribution in [2.24, 2.45) is 0 Å². The average molecular weight is 611 g/mol. The summed E-state index contributed by atoms with van der Waals surface area (Å²) in [5.74, 6) is -1.44. The molecule has 14 heteroatoms. The minimum absolute atomic E-state index is 0. The van der Waals surface area contributed by atoms with Crippen LogP contribution in [0.3, 0.4) is 0 Å². The van der Waals surface area contributed by atoms with E-state index in [-0.39, 0.29) is 58.2 Å². The number of ether oxygens (including phenoxy) is 1. The summed E-state index contributed by atoms with van der Waals surface area (Å²) in [6, 6.07) is 9.53. The van der Waals surface area contributed by atoms with Crippen molar-refractivity contribution in [1.82, 2.24) is 9.80 Å². The largest absolute Gasteiger partial charge is 1.00 e. The van der Waals surface area contributed by atoms with Crippen LogP contribution in [0.4, 0.5) is 9.59 Å². The molecule has 2 rings (SSSR count). The summed E-state index contributed by atoms with van der Waals surface area (Å²) in [5.41, 5.74) is 0.528. The Labute approximate surface area is 265 Å². The number of hydrogen-bond donors (Lipinski definition) is 3. The van der Waals surface area contributed by atoms with Gasteiger partial charge in [-0.25, -0.2) is 9.59 Å². The van der Waals surface area contributed by atoms with Crippen LogP contribution in [0.1, 0.15) is 34.6 Å². The van der Waals surface area contributed by atoms with Gasteiger partial charge in [-0.1, -0.05) is 6.92 Å². The molecule has 2 aromatic rings. The molecule has 0 fully saturated rings. The minimum Gasteiger partial charge on any atom is -0.855 e. The number of carboxylic acids is 1. The molecule has 0 atom stereocenters. The molecule has 9 nitrogen and oxygen atoms in total. The molecule has 0 radical (unpaired) electrons. The zero-order valence-corrected chi connectivity index (χ0v) is 27.8. The number of benzene rings is 2. The number of carbonyl (C=O) groups excluding carboxylic acids is 3. The maximum Gasteiger partial charge on any atom is 1.00 e. The van der Waals surface area contributed by atoms with Gasteiger partial charge in [-0.05, 0) is 66.8 Å². The molecule has 0 bridgehead atoms. The molecule has 0 saturated heterocycles. The minimum atomic E-state index is -1.10. The first-order valence-electron chi connectivity index (χ1n) is 10.7. The fourth-order valence-electron chi connectivity index (χ4n) is 2.12. The number of nitrogens with zero attached hydrogens (tertiary/aromatic N) is 2. The summed E-state index contributed by atoms with van der Waals surface area (Å²) in [4.78, 5) is 51.0. The van der Waals surface area contributed by atoms with Gasteiger partial charge in [0.15, 0.2) is 0 Å². The Morgan fingerprint density at radius 1 is 0.816 bits per heavy atom. The molecule has 0 heterocycles. The van der Waals surface area contributed by atoms with Crippen LogP contribution in [0.5, 0.6) is 0 Å². The van der Waals surface area contributed by atoms with Crippen molar-refractivity contribution < 1.29 is 63.7 Å². The van der Waals surface area contributed by atoms with Crippen molar-refractivity contribution in [1.29, 1.82) is 0 Å². The normalized spacial score (nSPS) is 9.39. The molecule has 38 heavy (non-hydrogen) atoms. The maximum atomic E-state index is 11.7. The molecule has 0 unspecified atom stereocenters. The molecule has 0 aliphatic heterocycles. The standard InChI is InChI=1S/C13H16N2O4S2.C9H10O2S2.C2H5O.Na/c1-14(2)12(18)20-9-5-8(11(16)17)6-10(7-9)21-13(19)15(3)4;1-2-11-9(10)6-3-7(12)5-8(13)4-6;1-2-3;/h5-7H,1-4H3,(H,16,17);3-5,12-13H,2H2,1H3;2H2,1H3;/q;;-1;+1. The Hall–Kier alpha value is -1.32. The van der Waals surface area contributed by atoms with E-state index < -0.39 is 5.97 Å². The van der Waals surface area contributed by atoms with Crippen molar-refractivity contribution in [2.75, 3.05) is 41.4 Å². The number of amides is 2. The summed E-state index contributed by atoms with van der Waals surface area (Å²) in [6.45, 7) is 3.71. The van der Waals surface area contributed by atoms with E-state index in [9.17, 15) is 19.2 Å². The summed E-state index contributed by atoms with van der Waals surface area (Å²) in [6.07, 6.45) is 0. The molecule has 204 valence electrons. The summed E-state index contributed by atoms with van der Waals surface area (Å²) < 4.78 is 4.83. The monoisotopic (exact) mass is 610 g/mol. The number of rotatable bonds is 5. The van der Waals surface area contributed by atoms with Crippen LogP contribution in [0, 0.1) is 0 Å². The fraction of sp³-hybridized carbons (Fsp3) is 0.333. The van der Waals surface area contributed by atoms with E-state index in [0.29, 0.717) is 31.8 Å². The van der Waals surface area contributed by atoms with E-state index >= 15 is 0 Å². The van der Waals surface area contributed by atoms with E-state index in [1.165, 1.54) is 21.9 Å². The van der Waals surface area contributed by atoms with E-state index in [4.69, 9.17) is 14.9 Å². The number of esters is 1. The molecule has 0 aromatic heterocycles. The molecule has 2 aromatic carbocycles. The molecule has 1 N–H and O–H groups in total. The zero-order valence-electron chi connectivity index (χ0n) is 22.4. The Bertz CT molecular complexity index is 1030. The van der Waals surface area contributed by atoms with Crippen molar-refractivity contribution in [3.63, 3.8) is 0 Å². The Kier molecular flexibility index (Phi) is 21.0. The number of hydrogen-bond acceptors (Lipinski definition) is 10. The molecule has 0 aliphatic carbocycles.